The molecular weight excluding hydrogens is 1010 g/mol. The molecule has 0 saturated heterocycles. The van der Waals surface area contributed by atoms with E-state index in [9.17, 15) is 63.0 Å². The fourth-order valence-electron chi connectivity index (χ4n) is 10.1. The number of pyridine rings is 2. The smallest absolute Gasteiger partial charge is 0.343 e. The molecule has 4 atom stereocenters. The number of hydrogen-bond acceptors (Lipinski definition) is 14. The molecule has 404 valence electrons. The van der Waals surface area contributed by atoms with Crippen LogP contribution in [0.1, 0.15) is 96.9 Å². The zero-order valence-electron chi connectivity index (χ0n) is 42.0. The zero-order chi connectivity index (χ0) is 55.3. The number of carbonyl (C=O) groups is 10. The lowest BCUT2D eigenvalue weighted by Gasteiger charge is -2.31. The monoisotopic (exact) mass is 1060 g/mol. The molecule has 2 aromatic carbocycles. The number of aliphatic carboxylic acids is 1. The number of aromatic nitrogens is 2. The fraction of sp³-hybridized carbons (Fsp3) is 0.396. The summed E-state index contributed by atoms with van der Waals surface area (Å²) >= 11 is 0. The van der Waals surface area contributed by atoms with Gasteiger partial charge in [-0.25, -0.2) is 14.2 Å². The first-order chi connectivity index (χ1) is 36.8. The second kappa shape index (κ2) is 23.1. The molecule has 23 nitrogen and oxygen atoms in total. The normalized spacial score (nSPS) is 17.6. The standard InChI is InChI=1S/C53H56FN9O14/c1-3-53(76)32-19-38-48-30(25-63(38)51(74)31(32)26-77-52(53)75)47-34(14-13-29-27(2)33(54)20-35(61-48)46(29)47)58-42(67)24-57-49(72)36(18-28-10-6-4-7-11-28)60-41(66)23-55-40(65)22-56-50(73)37(21-45(70)71)59-39(64)12-8-5-9-17-62-43(68)15-16-44(62)69/h4,6-7,10-11,15-16,19-20,34,36-37,76H,3,5,8-9,12-14,17-18,21-26H2,1-2H3,(H,55,65)(H,56,73)(H,57,72)(H,58,67)(H,59,64)(H,60,66)(H,70,71)/t34-,36-,37?,53-/m0/s1. The minimum absolute atomic E-state index is 0.00782. The summed E-state index contributed by atoms with van der Waals surface area (Å²) in [5.74, 6) is -8.34. The Kier molecular flexibility index (Phi) is 16.4. The lowest BCUT2D eigenvalue weighted by Crippen LogP contribution is -2.53. The number of carboxylic acids is 1. The Hall–Kier alpha value is -8.67. The molecule has 0 spiro atoms. The molecule has 0 radical (unpaired) electrons. The molecule has 4 aromatic rings. The maximum atomic E-state index is 15.5. The number of esters is 1. The number of carbonyl (C=O) groups excluding carboxylic acids is 9. The molecule has 0 bridgehead atoms. The van der Waals surface area contributed by atoms with Crippen molar-refractivity contribution in [1.29, 1.82) is 0 Å². The van der Waals surface area contributed by atoms with Crippen molar-refractivity contribution in [3.63, 3.8) is 0 Å². The summed E-state index contributed by atoms with van der Waals surface area (Å²) in [6, 6.07) is 7.94. The van der Waals surface area contributed by atoms with Crippen LogP contribution in [0.5, 0.6) is 0 Å². The Labute approximate surface area is 438 Å². The van der Waals surface area contributed by atoms with Crippen LogP contribution >= 0.6 is 0 Å². The average Bonchev–Trinajstić information content (AvgIpc) is 3.95. The number of rotatable bonds is 22. The number of benzene rings is 2. The number of aryl methyl sites for hydroxylation is 1. The van der Waals surface area contributed by atoms with Gasteiger partial charge in [-0.05, 0) is 67.3 Å². The summed E-state index contributed by atoms with van der Waals surface area (Å²) in [4.78, 5) is 147. The number of nitrogens with one attached hydrogen (secondary N) is 6. The van der Waals surface area contributed by atoms with Gasteiger partial charge in [0.05, 0.1) is 61.1 Å². The third-order valence-electron chi connectivity index (χ3n) is 14.2. The van der Waals surface area contributed by atoms with Crippen LogP contribution in [0.15, 0.2) is 59.4 Å². The Balaban J connectivity index is 0.875. The average molecular weight is 1060 g/mol. The molecule has 24 heteroatoms. The highest BCUT2D eigenvalue weighted by Gasteiger charge is 2.46. The summed E-state index contributed by atoms with van der Waals surface area (Å²) < 4.78 is 22.1. The van der Waals surface area contributed by atoms with E-state index in [1.54, 1.807) is 50.2 Å². The molecule has 1 unspecified atom stereocenters. The van der Waals surface area contributed by atoms with E-state index in [-0.39, 0.29) is 55.6 Å². The number of imide groups is 1. The molecule has 8 N–H and O–H groups in total. The summed E-state index contributed by atoms with van der Waals surface area (Å²) in [5.41, 5.74) is 1.41. The number of nitrogens with zero attached hydrogens (tertiary/aromatic N) is 3. The zero-order valence-corrected chi connectivity index (χ0v) is 42.0. The molecule has 8 amide bonds. The third kappa shape index (κ3) is 11.8. The van der Waals surface area contributed by atoms with E-state index in [0.29, 0.717) is 76.7 Å². The van der Waals surface area contributed by atoms with E-state index in [0.717, 1.165) is 17.1 Å². The van der Waals surface area contributed by atoms with Crippen LogP contribution in [0.25, 0.3) is 22.3 Å². The van der Waals surface area contributed by atoms with Gasteiger partial charge in [0, 0.05) is 54.1 Å². The maximum absolute atomic E-state index is 15.5. The number of amides is 8. The number of unbranched alkanes of at least 4 members (excludes halogenated alkanes) is 2. The molecule has 5 heterocycles. The molecule has 0 fully saturated rings. The van der Waals surface area contributed by atoms with Crippen LogP contribution in [0.3, 0.4) is 0 Å². The first-order valence-corrected chi connectivity index (χ1v) is 25.1. The molecule has 2 aromatic heterocycles. The van der Waals surface area contributed by atoms with Crippen LogP contribution in [0.2, 0.25) is 0 Å². The van der Waals surface area contributed by atoms with Gasteiger partial charge in [0.25, 0.3) is 17.4 Å². The first kappa shape index (κ1) is 54.6. The van der Waals surface area contributed by atoms with Gasteiger partial charge in [0.15, 0.2) is 5.60 Å². The fourth-order valence-corrected chi connectivity index (χ4v) is 10.1. The van der Waals surface area contributed by atoms with Gasteiger partial charge in [0.1, 0.15) is 24.5 Å². The number of hydrogen-bond donors (Lipinski definition) is 8. The lowest BCUT2D eigenvalue weighted by molar-refractivity contribution is -0.172. The lowest BCUT2D eigenvalue weighted by atomic mass is 9.81. The Morgan fingerprint density at radius 3 is 2.21 bits per heavy atom. The second-order valence-corrected chi connectivity index (χ2v) is 19.2. The van der Waals surface area contributed by atoms with Crippen LogP contribution in [0.4, 0.5) is 4.39 Å². The van der Waals surface area contributed by atoms with Gasteiger partial charge in [-0.3, -0.25) is 52.8 Å². The van der Waals surface area contributed by atoms with Crippen molar-refractivity contribution in [2.75, 3.05) is 26.2 Å². The summed E-state index contributed by atoms with van der Waals surface area (Å²) in [5, 5.41) is 36.4. The summed E-state index contributed by atoms with van der Waals surface area (Å²) in [6.07, 6.45) is 3.16. The van der Waals surface area contributed by atoms with Crippen molar-refractivity contribution >= 4 is 70.1 Å². The maximum Gasteiger partial charge on any atom is 0.343 e. The highest BCUT2D eigenvalue weighted by molar-refractivity contribution is 6.12. The quantitative estimate of drug-likeness (QED) is 0.0260. The molecule has 0 saturated carbocycles. The molecular formula is C53H56FN9O14. The Morgan fingerprint density at radius 1 is 0.831 bits per heavy atom. The van der Waals surface area contributed by atoms with E-state index in [4.69, 9.17) is 9.72 Å². The van der Waals surface area contributed by atoms with Gasteiger partial charge in [-0.15, -0.1) is 0 Å². The first-order valence-electron chi connectivity index (χ1n) is 25.1. The van der Waals surface area contributed by atoms with Gasteiger partial charge in [-0.2, -0.15) is 0 Å². The Morgan fingerprint density at radius 2 is 1.51 bits per heavy atom. The molecule has 77 heavy (non-hydrogen) atoms. The van der Waals surface area contributed by atoms with Crippen molar-refractivity contribution in [2.45, 2.75) is 109 Å². The van der Waals surface area contributed by atoms with E-state index in [1.807, 2.05) is 0 Å². The van der Waals surface area contributed by atoms with Gasteiger partial charge in [0.2, 0.25) is 35.4 Å². The van der Waals surface area contributed by atoms with Gasteiger partial charge in [-0.1, -0.05) is 43.7 Å². The minimum Gasteiger partial charge on any atom is -0.481 e. The number of ether oxygens (including phenoxy) is 1. The highest BCUT2D eigenvalue weighted by atomic mass is 19.1. The SMILES string of the molecule is CC[C@@]1(O)C(=O)OCc2c1cc1n(c2=O)Cc2c-1nc1cc(F)c(C)c3c1c2[C@@H](NC(=O)CNC(=O)[C@H](Cc1ccccc1)NC(=O)CNC(=O)CNC(=O)C(CC(=O)O)NC(=O)CCCCCN1C(=O)C=CC1=O)CC3. The summed E-state index contributed by atoms with van der Waals surface area (Å²) in [6.45, 7) is 1.13. The van der Waals surface area contributed by atoms with Crippen LogP contribution in [0, 0.1) is 12.7 Å². The molecule has 8 rings (SSSR count). The number of carboxylic acid groups (broad SMARTS) is 1. The number of fused-ring (bicyclic) bond motifs is 5. The van der Waals surface area contributed by atoms with E-state index in [2.05, 4.69) is 31.9 Å². The minimum atomic E-state index is -2.08. The number of aliphatic hydroxyl groups is 1. The van der Waals surface area contributed by atoms with Crippen LogP contribution in [-0.2, 0) is 84.3 Å². The third-order valence-corrected chi connectivity index (χ3v) is 14.2. The highest BCUT2D eigenvalue weighted by Crippen LogP contribution is 2.46. The summed E-state index contributed by atoms with van der Waals surface area (Å²) in [7, 11) is 0. The predicted octanol–water partition coefficient (Wildman–Crippen LogP) is 0.152. The number of halogens is 1. The largest absolute Gasteiger partial charge is 0.481 e. The Bertz CT molecular complexity index is 3210. The molecule has 1 aliphatic carbocycles. The van der Waals surface area contributed by atoms with Gasteiger partial charge < -0.3 is 51.4 Å². The van der Waals surface area contributed by atoms with Crippen LogP contribution < -0.4 is 37.5 Å². The second-order valence-electron chi connectivity index (χ2n) is 19.2. The van der Waals surface area contributed by atoms with Crippen molar-refractivity contribution in [1.82, 2.24) is 46.4 Å². The van der Waals surface area contributed by atoms with E-state index >= 15 is 4.39 Å². The van der Waals surface area contributed by atoms with E-state index < -0.39 is 120 Å². The van der Waals surface area contributed by atoms with Crippen molar-refractivity contribution in [2.24, 2.45) is 0 Å². The van der Waals surface area contributed by atoms with Gasteiger partial charge >= 0.3 is 11.9 Å². The van der Waals surface area contributed by atoms with E-state index in [1.165, 1.54) is 10.6 Å². The topological polar surface area (TPSA) is 331 Å². The van der Waals surface area contributed by atoms with Crippen molar-refractivity contribution < 1.29 is 67.3 Å². The number of cyclic esters (lactones) is 1. The van der Waals surface area contributed by atoms with Crippen molar-refractivity contribution in [3.05, 3.63) is 110 Å². The van der Waals surface area contributed by atoms with Crippen LogP contribution in [-0.4, -0.2) is 122 Å². The molecule has 3 aliphatic heterocycles. The van der Waals surface area contributed by atoms with Crippen molar-refractivity contribution in [3.8, 4) is 11.4 Å². The molecule has 4 aliphatic rings. The predicted molar refractivity (Wildman–Crippen MR) is 268 cm³/mol.